The maximum Gasteiger partial charge on any atom is 0.255 e. The number of aromatic nitrogens is 2. The van der Waals surface area contributed by atoms with Crippen molar-refractivity contribution < 1.29 is 9.53 Å². The van der Waals surface area contributed by atoms with Crippen LogP contribution in [0.4, 0.5) is 11.6 Å². The highest BCUT2D eigenvalue weighted by Crippen LogP contribution is 2.15. The second kappa shape index (κ2) is 11.1. The van der Waals surface area contributed by atoms with E-state index in [-0.39, 0.29) is 17.9 Å². The number of anilines is 2. The molecule has 3 rings (SSSR count). The van der Waals surface area contributed by atoms with Crippen molar-refractivity contribution in [3.05, 3.63) is 51.4 Å². The minimum Gasteiger partial charge on any atom is -0.378 e. The summed E-state index contributed by atoms with van der Waals surface area (Å²) in [6, 6.07) is 7.92. The number of nitrogens with zero attached hydrogens (tertiary/aromatic N) is 3. The summed E-state index contributed by atoms with van der Waals surface area (Å²) < 4.78 is 5.35. The minimum atomic E-state index is -0.178. The number of amides is 1. The molecule has 168 valence electrons. The van der Waals surface area contributed by atoms with Gasteiger partial charge >= 0.3 is 0 Å². The summed E-state index contributed by atoms with van der Waals surface area (Å²) >= 11 is 0. The number of rotatable bonds is 9. The van der Waals surface area contributed by atoms with Gasteiger partial charge in [-0.3, -0.25) is 19.5 Å². The third-order valence-electron chi connectivity index (χ3n) is 5.63. The fourth-order valence-corrected chi connectivity index (χ4v) is 3.73. The highest BCUT2D eigenvalue weighted by atomic mass is 16.5. The van der Waals surface area contributed by atoms with E-state index >= 15 is 0 Å². The Morgan fingerprint density at radius 3 is 2.68 bits per heavy atom. The van der Waals surface area contributed by atoms with E-state index in [2.05, 4.69) is 40.1 Å². The zero-order chi connectivity index (χ0) is 22.2. The van der Waals surface area contributed by atoms with Crippen molar-refractivity contribution in [2.24, 2.45) is 0 Å². The smallest absolute Gasteiger partial charge is 0.255 e. The molecule has 0 unspecified atom stereocenters. The number of nitrogens with one attached hydrogen (secondary N) is 2. The summed E-state index contributed by atoms with van der Waals surface area (Å²) in [4.78, 5) is 36.8. The third kappa shape index (κ3) is 6.38. The normalized spacial score (nSPS) is 14.1. The van der Waals surface area contributed by atoms with Gasteiger partial charge in [-0.05, 0) is 44.1 Å². The van der Waals surface area contributed by atoms with E-state index in [1.54, 1.807) is 0 Å². The third-order valence-corrected chi connectivity index (χ3v) is 5.63. The lowest BCUT2D eigenvalue weighted by Crippen LogP contribution is -2.38. The standard InChI is InChI=1S/C23H33N5O3/c1-4-27(5-2)16-18-7-6-8-19(15-18)25-21(29)10-9-20-17(3)24-23(26-22(20)30)28-11-13-31-14-12-28/h6-8,15H,4-5,9-14,16H2,1-3H3,(H,25,29)(H,24,26,30). The second-order valence-corrected chi connectivity index (χ2v) is 7.76. The molecule has 8 heteroatoms. The first kappa shape index (κ1) is 23.0. The van der Waals surface area contributed by atoms with Gasteiger partial charge in [-0.25, -0.2) is 4.98 Å². The van der Waals surface area contributed by atoms with Crippen molar-refractivity contribution in [2.45, 2.75) is 40.2 Å². The molecule has 1 aromatic heterocycles. The number of ether oxygens (including phenoxy) is 1. The van der Waals surface area contributed by atoms with Crippen LogP contribution >= 0.6 is 0 Å². The zero-order valence-corrected chi connectivity index (χ0v) is 18.7. The molecule has 0 bridgehead atoms. The first-order valence-corrected chi connectivity index (χ1v) is 11.0. The number of carbonyl (C=O) groups excluding carboxylic acids is 1. The summed E-state index contributed by atoms with van der Waals surface area (Å²) in [6.07, 6.45) is 0.575. The van der Waals surface area contributed by atoms with Crippen LogP contribution in [0.2, 0.25) is 0 Å². The highest BCUT2D eigenvalue weighted by Gasteiger charge is 2.17. The molecule has 2 aromatic rings. The molecule has 0 radical (unpaired) electrons. The SMILES string of the molecule is CCN(CC)Cc1cccc(NC(=O)CCc2c(C)nc(N3CCOCC3)[nH]c2=O)c1. The number of aryl methyl sites for hydroxylation is 1. The van der Waals surface area contributed by atoms with Gasteiger partial charge in [0.05, 0.1) is 13.2 Å². The number of hydrogen-bond donors (Lipinski definition) is 2. The summed E-state index contributed by atoms with van der Waals surface area (Å²) in [5.74, 6) is 0.458. The molecule has 8 nitrogen and oxygen atoms in total. The number of morpholine rings is 1. The van der Waals surface area contributed by atoms with Crippen molar-refractivity contribution >= 4 is 17.5 Å². The van der Waals surface area contributed by atoms with Crippen LogP contribution in [-0.2, 0) is 22.5 Å². The molecule has 0 atom stereocenters. The molecule has 31 heavy (non-hydrogen) atoms. The fraction of sp³-hybridized carbons (Fsp3) is 0.522. The van der Waals surface area contributed by atoms with Crippen LogP contribution < -0.4 is 15.8 Å². The van der Waals surface area contributed by atoms with Gasteiger partial charge in [-0.1, -0.05) is 26.0 Å². The number of hydrogen-bond acceptors (Lipinski definition) is 6. The maximum atomic E-state index is 12.6. The van der Waals surface area contributed by atoms with Gasteiger partial charge in [0.25, 0.3) is 5.56 Å². The monoisotopic (exact) mass is 427 g/mol. The summed E-state index contributed by atoms with van der Waals surface area (Å²) in [5.41, 5.74) is 2.99. The number of aromatic amines is 1. The number of carbonyl (C=O) groups is 1. The fourth-order valence-electron chi connectivity index (χ4n) is 3.73. The predicted molar refractivity (Wildman–Crippen MR) is 123 cm³/mol. The zero-order valence-electron chi connectivity index (χ0n) is 18.7. The van der Waals surface area contributed by atoms with E-state index in [1.165, 1.54) is 0 Å². The van der Waals surface area contributed by atoms with Crippen molar-refractivity contribution in [1.29, 1.82) is 0 Å². The van der Waals surface area contributed by atoms with Crippen molar-refractivity contribution in [2.75, 3.05) is 49.6 Å². The molecule has 1 fully saturated rings. The summed E-state index contributed by atoms with van der Waals surface area (Å²) in [5, 5.41) is 2.95. The molecular formula is C23H33N5O3. The summed E-state index contributed by atoms with van der Waals surface area (Å²) in [6.45, 7) is 11.6. The predicted octanol–water partition coefficient (Wildman–Crippen LogP) is 2.33. The van der Waals surface area contributed by atoms with E-state index in [0.717, 1.165) is 30.9 Å². The molecule has 1 aromatic carbocycles. The topological polar surface area (TPSA) is 90.6 Å². The Bertz CT molecular complexity index is 933. The molecule has 1 saturated heterocycles. The lowest BCUT2D eigenvalue weighted by atomic mass is 10.1. The van der Waals surface area contributed by atoms with Gasteiger partial charge < -0.3 is 15.0 Å². The van der Waals surface area contributed by atoms with E-state index in [1.807, 2.05) is 30.0 Å². The molecule has 0 saturated carbocycles. The van der Waals surface area contributed by atoms with Crippen LogP contribution in [0.1, 0.15) is 37.1 Å². The van der Waals surface area contributed by atoms with E-state index < -0.39 is 0 Å². The van der Waals surface area contributed by atoms with Crippen LogP contribution in [-0.4, -0.2) is 60.2 Å². The largest absolute Gasteiger partial charge is 0.378 e. The minimum absolute atomic E-state index is 0.115. The van der Waals surface area contributed by atoms with Crippen LogP contribution in [0.15, 0.2) is 29.1 Å². The van der Waals surface area contributed by atoms with E-state index in [9.17, 15) is 9.59 Å². The molecular weight excluding hydrogens is 394 g/mol. The van der Waals surface area contributed by atoms with Crippen LogP contribution in [0.3, 0.4) is 0 Å². The Kier molecular flexibility index (Phi) is 8.20. The lowest BCUT2D eigenvalue weighted by molar-refractivity contribution is -0.116. The van der Waals surface area contributed by atoms with Gasteiger partial charge in [0.1, 0.15) is 0 Å². The van der Waals surface area contributed by atoms with E-state index in [4.69, 9.17) is 4.74 Å². The Morgan fingerprint density at radius 2 is 2.00 bits per heavy atom. The van der Waals surface area contributed by atoms with Crippen LogP contribution in [0, 0.1) is 6.92 Å². The molecule has 2 heterocycles. The highest BCUT2D eigenvalue weighted by molar-refractivity contribution is 5.90. The van der Waals surface area contributed by atoms with Crippen molar-refractivity contribution in [3.8, 4) is 0 Å². The Hall–Kier alpha value is -2.71. The van der Waals surface area contributed by atoms with Crippen LogP contribution in [0.25, 0.3) is 0 Å². The quantitative estimate of drug-likeness (QED) is 0.638. The van der Waals surface area contributed by atoms with E-state index in [0.29, 0.717) is 49.9 Å². The maximum absolute atomic E-state index is 12.6. The molecule has 1 amide bonds. The lowest BCUT2D eigenvalue weighted by Gasteiger charge is -2.27. The number of benzene rings is 1. The average Bonchev–Trinajstić information content (AvgIpc) is 2.77. The second-order valence-electron chi connectivity index (χ2n) is 7.76. The molecule has 1 aliphatic rings. The average molecular weight is 428 g/mol. The Balaban J connectivity index is 1.59. The summed E-state index contributed by atoms with van der Waals surface area (Å²) in [7, 11) is 0. The molecule has 0 aliphatic carbocycles. The van der Waals surface area contributed by atoms with Gasteiger partial charge in [-0.2, -0.15) is 0 Å². The molecule has 1 aliphatic heterocycles. The first-order valence-electron chi connectivity index (χ1n) is 11.0. The Morgan fingerprint density at radius 1 is 1.26 bits per heavy atom. The van der Waals surface area contributed by atoms with Gasteiger partial charge in [-0.15, -0.1) is 0 Å². The first-order chi connectivity index (χ1) is 15.0. The van der Waals surface area contributed by atoms with Crippen molar-refractivity contribution in [3.63, 3.8) is 0 Å². The van der Waals surface area contributed by atoms with Gasteiger partial charge in [0.2, 0.25) is 11.9 Å². The number of H-pyrrole nitrogens is 1. The van der Waals surface area contributed by atoms with Crippen molar-refractivity contribution in [1.82, 2.24) is 14.9 Å². The Labute approximate surface area is 183 Å². The van der Waals surface area contributed by atoms with Crippen LogP contribution in [0.5, 0.6) is 0 Å². The molecule has 0 spiro atoms. The van der Waals surface area contributed by atoms with Gasteiger partial charge in [0.15, 0.2) is 0 Å². The van der Waals surface area contributed by atoms with Gasteiger partial charge in [0, 0.05) is 43.0 Å². The molecule has 2 N–H and O–H groups in total.